The van der Waals surface area contributed by atoms with Crippen molar-refractivity contribution in [2.75, 3.05) is 9.80 Å². The molecule has 0 radical (unpaired) electrons. The van der Waals surface area contributed by atoms with Gasteiger partial charge in [-0.1, -0.05) is 191 Å². The summed E-state index contributed by atoms with van der Waals surface area (Å²) in [5, 5.41) is 2.26. The first-order valence-electron chi connectivity index (χ1n) is 27.1. The molecule has 0 N–H and O–H groups in total. The lowest BCUT2D eigenvalue weighted by Crippen LogP contribution is -2.17. The molecule has 0 saturated heterocycles. The first kappa shape index (κ1) is 45.2. The Hall–Kier alpha value is -9.18. The molecule has 0 unspecified atom stereocenters. The highest BCUT2D eigenvalue weighted by atomic mass is 16.3. The van der Waals surface area contributed by atoms with Gasteiger partial charge in [-0.05, 0) is 175 Å². The summed E-state index contributed by atoms with van der Waals surface area (Å²) in [4.78, 5) is 4.93. The number of hydrogen-bond acceptors (Lipinski definition) is 3. The molecule has 3 aliphatic carbocycles. The molecule has 11 aromatic carbocycles. The molecule has 3 aliphatic rings. The number of nitrogens with zero attached hydrogens (tertiary/aromatic N) is 2. The molecule has 0 atom stereocenters. The highest BCUT2D eigenvalue weighted by Crippen LogP contribution is 2.54. The maximum atomic E-state index is 6.56. The van der Waals surface area contributed by atoms with E-state index in [1.165, 1.54) is 83.5 Å². The Bertz CT molecular complexity index is 4380. The number of anilines is 6. The second-order valence-corrected chi connectivity index (χ2v) is 22.5. The molecule has 0 amide bonds. The molecule has 368 valence electrons. The summed E-state index contributed by atoms with van der Waals surface area (Å²) < 4.78 is 6.56. The van der Waals surface area contributed by atoms with Gasteiger partial charge in [-0.3, -0.25) is 0 Å². The third-order valence-corrected chi connectivity index (χ3v) is 17.3. The minimum Gasteiger partial charge on any atom is -0.455 e. The first-order chi connectivity index (χ1) is 37.6. The van der Waals surface area contributed by atoms with Crippen molar-refractivity contribution in [2.24, 2.45) is 0 Å². The van der Waals surface area contributed by atoms with Crippen molar-refractivity contribution in [3.63, 3.8) is 0 Å². The van der Waals surface area contributed by atoms with E-state index >= 15 is 0 Å². The Balaban J connectivity index is 0.892. The lowest BCUT2D eigenvalue weighted by Gasteiger charge is -2.32. The Morgan fingerprint density at radius 2 is 0.792 bits per heavy atom. The lowest BCUT2D eigenvalue weighted by atomic mass is 9.82. The molecule has 15 rings (SSSR count). The summed E-state index contributed by atoms with van der Waals surface area (Å²) in [6.07, 6.45) is 0.945. The predicted molar refractivity (Wildman–Crippen MR) is 322 cm³/mol. The van der Waals surface area contributed by atoms with Gasteiger partial charge in [0, 0.05) is 61.3 Å². The fraction of sp³-hybridized carbons (Fsp3) is 0.108. The summed E-state index contributed by atoms with van der Waals surface area (Å²) in [6, 6.07) is 88.0. The van der Waals surface area contributed by atoms with E-state index in [-0.39, 0.29) is 10.8 Å². The molecule has 0 aliphatic heterocycles. The molecule has 0 spiro atoms. The van der Waals surface area contributed by atoms with Gasteiger partial charge >= 0.3 is 0 Å². The third-order valence-electron chi connectivity index (χ3n) is 17.3. The average molecular weight is 989 g/mol. The van der Waals surface area contributed by atoms with Gasteiger partial charge in [0.15, 0.2) is 0 Å². The Kier molecular flexibility index (Phi) is 9.94. The average Bonchev–Trinajstić information content (AvgIpc) is 4.18. The molecular weight excluding hydrogens is 933 g/mol. The Labute approximate surface area is 451 Å². The normalized spacial score (nSPS) is 13.9. The van der Waals surface area contributed by atoms with Crippen LogP contribution in [0.5, 0.6) is 0 Å². The van der Waals surface area contributed by atoms with Crippen molar-refractivity contribution in [2.45, 2.75) is 51.9 Å². The number of rotatable bonds is 8. The number of aryl methyl sites for hydroxylation is 1. The second-order valence-electron chi connectivity index (χ2n) is 22.5. The zero-order valence-electron chi connectivity index (χ0n) is 44.0. The van der Waals surface area contributed by atoms with E-state index in [1.807, 2.05) is 6.07 Å². The zero-order chi connectivity index (χ0) is 51.7. The Morgan fingerprint density at radius 1 is 0.338 bits per heavy atom. The summed E-state index contributed by atoms with van der Waals surface area (Å²) in [5.41, 5.74) is 30.1. The van der Waals surface area contributed by atoms with E-state index in [0.717, 1.165) is 73.6 Å². The van der Waals surface area contributed by atoms with Crippen LogP contribution in [0.4, 0.5) is 34.1 Å². The first-order valence-corrected chi connectivity index (χ1v) is 27.1. The number of benzene rings is 11. The summed E-state index contributed by atoms with van der Waals surface area (Å²) in [7, 11) is 0. The van der Waals surface area contributed by atoms with Crippen LogP contribution < -0.4 is 9.80 Å². The van der Waals surface area contributed by atoms with E-state index in [1.54, 1.807) is 0 Å². The minimum atomic E-state index is -0.172. The van der Waals surface area contributed by atoms with E-state index < -0.39 is 0 Å². The van der Waals surface area contributed by atoms with Crippen LogP contribution in [0.3, 0.4) is 0 Å². The van der Waals surface area contributed by atoms with Gasteiger partial charge in [0.1, 0.15) is 11.2 Å². The second kappa shape index (κ2) is 16.9. The van der Waals surface area contributed by atoms with E-state index in [9.17, 15) is 0 Å². The quantitative estimate of drug-likeness (QED) is 0.151. The van der Waals surface area contributed by atoms with Gasteiger partial charge in [0.05, 0.1) is 0 Å². The van der Waals surface area contributed by atoms with Gasteiger partial charge in [-0.2, -0.15) is 0 Å². The van der Waals surface area contributed by atoms with Crippen molar-refractivity contribution in [1.82, 2.24) is 0 Å². The number of furan rings is 1. The molecule has 0 bridgehead atoms. The highest BCUT2D eigenvalue weighted by Gasteiger charge is 2.37. The maximum absolute atomic E-state index is 6.56. The molecule has 3 nitrogen and oxygen atoms in total. The standard InChI is InChI=1S/C74H56N2O/c1-46-40-54(75(52-36-38-62-60-18-8-11-25-67(60)73(2,3)69(62)44-52)50-32-28-47(29-33-50)56-21-14-23-59-57-17-7-6-16-49(57)42-66(56)59)43-55(41-46)76(53-37-39-63-61-19-9-12-26-68(61)74(4,5)70(63)45-53)51-34-30-48(31-35-51)58-22-15-24-65-64-20-10-13-27-71(64)77-72(58)65/h6-41,43-45H,42H2,1-5H3. The van der Waals surface area contributed by atoms with Crippen molar-refractivity contribution in [1.29, 1.82) is 0 Å². The van der Waals surface area contributed by atoms with Crippen LogP contribution in [0.1, 0.15) is 66.6 Å². The number of para-hydroxylation sites is 2. The van der Waals surface area contributed by atoms with Crippen molar-refractivity contribution in [3.8, 4) is 55.6 Å². The maximum Gasteiger partial charge on any atom is 0.143 e. The van der Waals surface area contributed by atoms with Crippen molar-refractivity contribution >= 4 is 56.1 Å². The minimum absolute atomic E-state index is 0.166. The van der Waals surface area contributed by atoms with Gasteiger partial charge in [-0.15, -0.1) is 0 Å². The molecule has 3 heteroatoms. The third kappa shape index (κ3) is 6.96. The van der Waals surface area contributed by atoms with Crippen LogP contribution in [-0.2, 0) is 17.3 Å². The smallest absolute Gasteiger partial charge is 0.143 e. The molecule has 1 heterocycles. The SMILES string of the molecule is Cc1cc(N(c2ccc(-c3cccc4c3Cc3ccccc3-4)cc2)c2ccc3c(c2)C(C)(C)c2ccccc2-3)cc(N(c2ccc(-c3cccc4c3oc3ccccc34)cc2)c2ccc3c(c2)C(C)(C)c2ccccc2-3)c1. The Morgan fingerprint density at radius 3 is 1.42 bits per heavy atom. The zero-order valence-corrected chi connectivity index (χ0v) is 44.0. The predicted octanol–water partition coefficient (Wildman–Crippen LogP) is 20.4. The summed E-state index contributed by atoms with van der Waals surface area (Å²) >= 11 is 0. The summed E-state index contributed by atoms with van der Waals surface area (Å²) in [6.45, 7) is 11.7. The molecule has 12 aromatic rings. The van der Waals surface area contributed by atoms with E-state index in [0.29, 0.717) is 0 Å². The topological polar surface area (TPSA) is 19.6 Å². The number of hydrogen-bond donors (Lipinski definition) is 0. The van der Waals surface area contributed by atoms with Crippen molar-refractivity contribution in [3.05, 3.63) is 276 Å². The molecule has 0 fully saturated rings. The van der Waals surface area contributed by atoms with Crippen LogP contribution >= 0.6 is 0 Å². The molecule has 1 aromatic heterocycles. The molecule has 0 saturated carbocycles. The molecule has 77 heavy (non-hydrogen) atoms. The van der Waals surface area contributed by atoms with E-state index in [4.69, 9.17) is 4.42 Å². The monoisotopic (exact) mass is 988 g/mol. The van der Waals surface area contributed by atoms with Crippen LogP contribution in [0.2, 0.25) is 0 Å². The van der Waals surface area contributed by atoms with Gasteiger partial charge in [-0.25, -0.2) is 0 Å². The largest absolute Gasteiger partial charge is 0.455 e. The molecular formula is C74H56N2O. The van der Waals surface area contributed by atoms with Crippen molar-refractivity contribution < 1.29 is 4.42 Å². The fourth-order valence-corrected chi connectivity index (χ4v) is 13.5. The van der Waals surface area contributed by atoms with Crippen LogP contribution in [0.25, 0.3) is 77.6 Å². The van der Waals surface area contributed by atoms with E-state index in [2.05, 4.69) is 275 Å². The lowest BCUT2D eigenvalue weighted by molar-refractivity contribution is 0.660. The fourth-order valence-electron chi connectivity index (χ4n) is 13.5. The summed E-state index contributed by atoms with van der Waals surface area (Å²) in [5.74, 6) is 0. The van der Waals surface area contributed by atoms with Gasteiger partial charge < -0.3 is 14.2 Å². The number of fused-ring (bicyclic) bond motifs is 12. The van der Waals surface area contributed by atoms with Crippen LogP contribution in [0, 0.1) is 6.92 Å². The van der Waals surface area contributed by atoms with Gasteiger partial charge in [0.25, 0.3) is 0 Å². The van der Waals surface area contributed by atoms with Crippen LogP contribution in [0.15, 0.2) is 241 Å². The highest BCUT2D eigenvalue weighted by molar-refractivity contribution is 6.09. The van der Waals surface area contributed by atoms with Gasteiger partial charge in [0.2, 0.25) is 0 Å². The van der Waals surface area contributed by atoms with Crippen LogP contribution in [-0.4, -0.2) is 0 Å².